The molecule has 24 heavy (non-hydrogen) atoms. The Morgan fingerprint density at radius 2 is 2.00 bits per heavy atom. The zero-order valence-corrected chi connectivity index (χ0v) is 14.5. The summed E-state index contributed by atoms with van der Waals surface area (Å²) in [6.45, 7) is 6.04. The van der Waals surface area contributed by atoms with Crippen LogP contribution < -0.4 is 5.32 Å². The highest BCUT2D eigenvalue weighted by Gasteiger charge is 2.14. The molecule has 3 rings (SSSR count). The molecule has 2 heterocycles. The molecule has 0 spiro atoms. The van der Waals surface area contributed by atoms with Gasteiger partial charge >= 0.3 is 0 Å². The van der Waals surface area contributed by atoms with E-state index in [1.54, 1.807) is 10.9 Å². The highest BCUT2D eigenvalue weighted by atomic mass is 16.1. The van der Waals surface area contributed by atoms with Crippen LogP contribution in [0.25, 0.3) is 11.0 Å². The summed E-state index contributed by atoms with van der Waals surface area (Å²) in [6.07, 6.45) is 2.61. The van der Waals surface area contributed by atoms with Gasteiger partial charge in [-0.25, -0.2) is 4.98 Å². The van der Waals surface area contributed by atoms with Gasteiger partial charge in [0.2, 0.25) is 0 Å². The van der Waals surface area contributed by atoms with Crippen molar-refractivity contribution in [3.8, 4) is 0 Å². The fraction of sp³-hybridized carbons (Fsp3) is 0.316. The number of carbonyl (C=O) groups is 1. The van der Waals surface area contributed by atoms with Crippen LogP contribution in [-0.4, -0.2) is 20.7 Å². The van der Waals surface area contributed by atoms with Crippen LogP contribution in [0.15, 0.2) is 36.5 Å². The van der Waals surface area contributed by atoms with E-state index in [1.807, 2.05) is 27.0 Å². The molecule has 0 radical (unpaired) electrons. The van der Waals surface area contributed by atoms with Gasteiger partial charge in [-0.1, -0.05) is 31.2 Å². The van der Waals surface area contributed by atoms with Crippen LogP contribution in [-0.2, 0) is 13.5 Å². The Kier molecular flexibility index (Phi) is 4.34. The largest absolute Gasteiger partial charge is 0.345 e. The van der Waals surface area contributed by atoms with E-state index < -0.39 is 0 Å². The average molecular weight is 322 g/mol. The highest BCUT2D eigenvalue weighted by molar-refractivity contribution is 5.97. The average Bonchev–Trinajstić information content (AvgIpc) is 2.88. The third-order valence-corrected chi connectivity index (χ3v) is 4.36. The van der Waals surface area contributed by atoms with E-state index in [4.69, 9.17) is 0 Å². The zero-order chi connectivity index (χ0) is 17.3. The minimum Gasteiger partial charge on any atom is -0.345 e. The highest BCUT2D eigenvalue weighted by Crippen LogP contribution is 2.18. The van der Waals surface area contributed by atoms with Crippen molar-refractivity contribution in [3.05, 3.63) is 58.9 Å². The van der Waals surface area contributed by atoms with Crippen molar-refractivity contribution in [2.45, 2.75) is 33.2 Å². The first-order chi connectivity index (χ1) is 11.5. The van der Waals surface area contributed by atoms with Gasteiger partial charge in [0, 0.05) is 18.6 Å². The molecule has 1 aromatic carbocycles. The molecule has 0 aliphatic heterocycles. The molecular weight excluding hydrogens is 300 g/mol. The summed E-state index contributed by atoms with van der Waals surface area (Å²) in [5, 5.41) is 8.28. The minimum absolute atomic E-state index is 0.0610. The number of carbonyl (C=O) groups excluding carboxylic acids is 1. The Labute approximate surface area is 141 Å². The second-order valence-electron chi connectivity index (χ2n) is 6.09. The van der Waals surface area contributed by atoms with Gasteiger partial charge in [-0.15, -0.1) is 0 Å². The number of aryl methyl sites for hydroxylation is 3. The van der Waals surface area contributed by atoms with Crippen LogP contribution >= 0.6 is 0 Å². The van der Waals surface area contributed by atoms with Gasteiger partial charge in [0.05, 0.1) is 17.3 Å². The topological polar surface area (TPSA) is 59.8 Å². The van der Waals surface area contributed by atoms with Crippen molar-refractivity contribution < 1.29 is 4.79 Å². The Balaban J connectivity index is 1.79. The van der Waals surface area contributed by atoms with E-state index in [-0.39, 0.29) is 11.9 Å². The van der Waals surface area contributed by atoms with Crippen molar-refractivity contribution in [3.63, 3.8) is 0 Å². The number of fused-ring (bicyclic) bond motifs is 1. The summed E-state index contributed by atoms with van der Waals surface area (Å²) in [5.74, 6) is -0.125. The third kappa shape index (κ3) is 3.02. The molecule has 5 nitrogen and oxygen atoms in total. The number of nitrogens with one attached hydrogen (secondary N) is 1. The van der Waals surface area contributed by atoms with E-state index in [0.717, 1.165) is 28.7 Å². The van der Waals surface area contributed by atoms with Gasteiger partial charge < -0.3 is 5.32 Å². The number of nitrogens with zero attached hydrogens (tertiary/aromatic N) is 3. The minimum atomic E-state index is -0.125. The smallest absolute Gasteiger partial charge is 0.253 e. The van der Waals surface area contributed by atoms with Crippen molar-refractivity contribution >= 4 is 16.9 Å². The summed E-state index contributed by atoms with van der Waals surface area (Å²) in [4.78, 5) is 16.9. The third-order valence-electron chi connectivity index (χ3n) is 4.36. The number of amides is 1. The molecule has 0 saturated carbocycles. The first-order valence-corrected chi connectivity index (χ1v) is 8.18. The Morgan fingerprint density at radius 3 is 2.67 bits per heavy atom. The summed E-state index contributed by atoms with van der Waals surface area (Å²) in [7, 11) is 1.85. The van der Waals surface area contributed by atoms with Gasteiger partial charge in [-0.05, 0) is 37.5 Å². The molecule has 0 aliphatic carbocycles. The van der Waals surface area contributed by atoms with E-state index in [2.05, 4.69) is 46.6 Å². The van der Waals surface area contributed by atoms with Crippen LogP contribution in [0, 0.1) is 6.92 Å². The fourth-order valence-corrected chi connectivity index (χ4v) is 2.84. The van der Waals surface area contributed by atoms with E-state index in [0.29, 0.717) is 5.56 Å². The number of pyridine rings is 1. The number of aromatic nitrogens is 3. The molecule has 0 fully saturated rings. The van der Waals surface area contributed by atoms with E-state index in [1.165, 1.54) is 5.56 Å². The molecule has 1 N–H and O–H groups in total. The molecule has 2 aromatic heterocycles. The van der Waals surface area contributed by atoms with E-state index >= 15 is 0 Å². The van der Waals surface area contributed by atoms with Gasteiger partial charge in [0.15, 0.2) is 5.65 Å². The Bertz CT molecular complexity index is 880. The summed E-state index contributed by atoms with van der Waals surface area (Å²) >= 11 is 0. The normalized spacial score (nSPS) is 12.3. The summed E-state index contributed by atoms with van der Waals surface area (Å²) < 4.78 is 1.73. The molecule has 1 atom stereocenters. The second kappa shape index (κ2) is 6.43. The monoisotopic (exact) mass is 322 g/mol. The quantitative estimate of drug-likeness (QED) is 0.801. The maximum atomic E-state index is 12.5. The molecular formula is C19H22N4O. The lowest BCUT2D eigenvalue weighted by atomic mass is 10.0. The SMILES string of the molecule is CCc1ccc(C(C)NC(=O)c2cnc3c(c2)c(C)nn3C)cc1. The number of hydrogen-bond donors (Lipinski definition) is 1. The van der Waals surface area contributed by atoms with Crippen molar-refractivity contribution in [1.29, 1.82) is 0 Å². The molecule has 124 valence electrons. The van der Waals surface area contributed by atoms with Crippen LogP contribution in [0.4, 0.5) is 0 Å². The maximum Gasteiger partial charge on any atom is 0.253 e. The zero-order valence-electron chi connectivity index (χ0n) is 14.5. The van der Waals surface area contributed by atoms with Crippen LogP contribution in [0.5, 0.6) is 0 Å². The molecule has 1 amide bonds. The molecule has 5 heteroatoms. The van der Waals surface area contributed by atoms with Gasteiger partial charge in [-0.3, -0.25) is 9.48 Å². The van der Waals surface area contributed by atoms with Crippen LogP contribution in [0.2, 0.25) is 0 Å². The second-order valence-corrected chi connectivity index (χ2v) is 6.09. The van der Waals surface area contributed by atoms with Crippen molar-refractivity contribution in [2.24, 2.45) is 7.05 Å². The van der Waals surface area contributed by atoms with Crippen molar-refractivity contribution in [2.75, 3.05) is 0 Å². The van der Waals surface area contributed by atoms with Gasteiger partial charge in [0.25, 0.3) is 5.91 Å². The van der Waals surface area contributed by atoms with E-state index in [9.17, 15) is 4.79 Å². The molecule has 0 aliphatic rings. The summed E-state index contributed by atoms with van der Waals surface area (Å²) in [6, 6.07) is 10.1. The van der Waals surface area contributed by atoms with Gasteiger partial charge in [-0.2, -0.15) is 5.10 Å². The number of benzene rings is 1. The Morgan fingerprint density at radius 1 is 1.29 bits per heavy atom. The molecule has 1 unspecified atom stereocenters. The van der Waals surface area contributed by atoms with Crippen molar-refractivity contribution in [1.82, 2.24) is 20.1 Å². The Hall–Kier alpha value is -2.69. The lowest BCUT2D eigenvalue weighted by molar-refractivity contribution is 0.0939. The maximum absolute atomic E-state index is 12.5. The molecule has 0 bridgehead atoms. The first kappa shape index (κ1) is 16.2. The predicted octanol–water partition coefficient (Wildman–Crippen LogP) is 3.33. The lowest BCUT2D eigenvalue weighted by Crippen LogP contribution is -2.26. The standard InChI is InChI=1S/C19H22N4O/c1-5-14-6-8-15(9-7-14)12(2)21-19(24)16-10-17-13(3)22-23(4)18(17)20-11-16/h6-12H,5H2,1-4H3,(H,21,24). The fourth-order valence-electron chi connectivity index (χ4n) is 2.84. The summed E-state index contributed by atoms with van der Waals surface area (Å²) in [5.41, 5.74) is 4.59. The first-order valence-electron chi connectivity index (χ1n) is 8.18. The number of hydrogen-bond acceptors (Lipinski definition) is 3. The molecule has 3 aromatic rings. The number of rotatable bonds is 4. The van der Waals surface area contributed by atoms with Crippen LogP contribution in [0.1, 0.15) is 47.1 Å². The van der Waals surface area contributed by atoms with Crippen LogP contribution in [0.3, 0.4) is 0 Å². The molecule has 0 saturated heterocycles. The lowest BCUT2D eigenvalue weighted by Gasteiger charge is -2.15. The van der Waals surface area contributed by atoms with Gasteiger partial charge in [0.1, 0.15) is 0 Å². The predicted molar refractivity (Wildman–Crippen MR) is 94.9 cm³/mol.